The Labute approximate surface area is 157 Å². The third-order valence-corrected chi connectivity index (χ3v) is 6.45. The lowest BCUT2D eigenvalue weighted by atomic mass is 10.00. The summed E-state index contributed by atoms with van der Waals surface area (Å²) in [5.41, 5.74) is 0.985. The number of nitrogens with one attached hydrogen (secondary N) is 1. The van der Waals surface area contributed by atoms with E-state index in [0.717, 1.165) is 41.0 Å². The Kier molecular flexibility index (Phi) is 6.31. The first-order valence-corrected chi connectivity index (χ1v) is 10.5. The van der Waals surface area contributed by atoms with Crippen molar-refractivity contribution >= 4 is 39.8 Å². The van der Waals surface area contributed by atoms with Gasteiger partial charge in [0.1, 0.15) is 0 Å². The van der Waals surface area contributed by atoms with E-state index in [1.165, 1.54) is 29.5 Å². The molecular formula is C18H24N4OS2. The van der Waals surface area contributed by atoms with Gasteiger partial charge >= 0.3 is 0 Å². The summed E-state index contributed by atoms with van der Waals surface area (Å²) in [6.45, 7) is 5.03. The molecule has 1 aliphatic rings. The van der Waals surface area contributed by atoms with Crippen LogP contribution in [0.4, 0.5) is 10.8 Å². The Hall–Kier alpha value is -1.60. The molecule has 0 saturated carbocycles. The quantitative estimate of drug-likeness (QED) is 0.749. The van der Waals surface area contributed by atoms with Crippen LogP contribution >= 0.6 is 23.1 Å². The highest BCUT2D eigenvalue weighted by molar-refractivity contribution is 8.02. The van der Waals surface area contributed by atoms with Crippen molar-refractivity contribution in [2.75, 3.05) is 11.9 Å². The standard InChI is InChI=1S/C18H24N4OS2/c1-3-15-11-7-8-12-22(15)16(23)13(2)24-18-21-20-17(25-18)19-14-9-5-4-6-10-14/h4-6,9-10,13,15H,3,7-8,11-12H2,1-2H3,(H,19,20)/t13-,15-/m1/s1. The summed E-state index contributed by atoms with van der Waals surface area (Å²) >= 11 is 2.99. The Balaban J connectivity index is 1.59. The number of hydrogen-bond donors (Lipinski definition) is 1. The zero-order chi connectivity index (χ0) is 17.6. The van der Waals surface area contributed by atoms with Crippen LogP contribution in [0.15, 0.2) is 34.7 Å². The highest BCUT2D eigenvalue weighted by Gasteiger charge is 2.29. The van der Waals surface area contributed by atoms with Gasteiger partial charge in [-0.2, -0.15) is 0 Å². The number of amides is 1. The zero-order valence-corrected chi connectivity index (χ0v) is 16.3. The molecule has 2 aromatic rings. The van der Waals surface area contributed by atoms with E-state index in [4.69, 9.17) is 0 Å². The predicted molar refractivity (Wildman–Crippen MR) is 105 cm³/mol. The minimum absolute atomic E-state index is 0.135. The molecule has 1 N–H and O–H groups in total. The number of nitrogens with zero attached hydrogens (tertiary/aromatic N) is 3. The van der Waals surface area contributed by atoms with Gasteiger partial charge in [-0.1, -0.05) is 48.2 Å². The van der Waals surface area contributed by atoms with E-state index in [-0.39, 0.29) is 11.2 Å². The second-order valence-electron chi connectivity index (χ2n) is 6.21. The fourth-order valence-electron chi connectivity index (χ4n) is 3.10. The Morgan fingerprint density at radius 3 is 2.92 bits per heavy atom. The molecule has 0 aliphatic carbocycles. The molecule has 3 rings (SSSR count). The highest BCUT2D eigenvalue weighted by atomic mass is 32.2. The molecule has 0 radical (unpaired) electrons. The van der Waals surface area contributed by atoms with Crippen LogP contribution in [0.25, 0.3) is 0 Å². The Bertz CT molecular complexity index is 691. The van der Waals surface area contributed by atoms with Crippen molar-refractivity contribution in [2.45, 2.75) is 55.2 Å². The van der Waals surface area contributed by atoms with Crippen LogP contribution in [-0.2, 0) is 4.79 Å². The van der Waals surface area contributed by atoms with Gasteiger partial charge in [-0.05, 0) is 44.7 Å². The molecule has 5 nitrogen and oxygen atoms in total. The number of carbonyl (C=O) groups is 1. The summed E-state index contributed by atoms with van der Waals surface area (Å²) in [4.78, 5) is 14.9. The van der Waals surface area contributed by atoms with E-state index >= 15 is 0 Å². The smallest absolute Gasteiger partial charge is 0.236 e. The molecule has 2 heterocycles. The number of carbonyl (C=O) groups excluding carboxylic acids is 1. The molecule has 25 heavy (non-hydrogen) atoms. The molecule has 1 fully saturated rings. The minimum atomic E-state index is -0.135. The normalized spacial score (nSPS) is 18.8. The maximum Gasteiger partial charge on any atom is 0.236 e. The second kappa shape index (κ2) is 8.67. The van der Waals surface area contributed by atoms with Gasteiger partial charge in [0.15, 0.2) is 4.34 Å². The van der Waals surface area contributed by atoms with Crippen molar-refractivity contribution in [1.29, 1.82) is 0 Å². The molecule has 1 amide bonds. The fourth-order valence-corrected chi connectivity index (χ4v) is 5.09. The van der Waals surface area contributed by atoms with Gasteiger partial charge in [-0.15, -0.1) is 10.2 Å². The number of anilines is 2. The summed E-state index contributed by atoms with van der Waals surface area (Å²) < 4.78 is 0.823. The molecule has 7 heteroatoms. The molecule has 1 aliphatic heterocycles. The maximum absolute atomic E-state index is 12.8. The van der Waals surface area contributed by atoms with Crippen molar-refractivity contribution in [3.05, 3.63) is 30.3 Å². The summed E-state index contributed by atoms with van der Waals surface area (Å²) in [6, 6.07) is 10.3. The van der Waals surface area contributed by atoms with Gasteiger partial charge in [-0.3, -0.25) is 4.79 Å². The second-order valence-corrected chi connectivity index (χ2v) is 8.78. The monoisotopic (exact) mass is 376 g/mol. The molecule has 2 atom stereocenters. The molecule has 0 unspecified atom stereocenters. The Morgan fingerprint density at radius 2 is 2.16 bits per heavy atom. The number of rotatable bonds is 6. The number of hydrogen-bond acceptors (Lipinski definition) is 6. The first-order chi connectivity index (χ1) is 12.2. The SMILES string of the molecule is CC[C@@H]1CCCCN1C(=O)[C@@H](C)Sc1nnc(Nc2ccccc2)s1. The van der Waals surface area contributed by atoms with Gasteiger partial charge < -0.3 is 10.2 Å². The van der Waals surface area contributed by atoms with Crippen LogP contribution in [0, 0.1) is 0 Å². The highest BCUT2D eigenvalue weighted by Crippen LogP contribution is 2.32. The fraction of sp³-hybridized carbons (Fsp3) is 0.500. The largest absolute Gasteiger partial charge is 0.339 e. The summed E-state index contributed by atoms with van der Waals surface area (Å²) in [6.07, 6.45) is 4.51. The van der Waals surface area contributed by atoms with Crippen LogP contribution in [-0.4, -0.2) is 38.8 Å². The third-order valence-electron chi connectivity index (χ3n) is 4.44. The van der Waals surface area contributed by atoms with Crippen molar-refractivity contribution in [1.82, 2.24) is 15.1 Å². The van der Waals surface area contributed by atoms with Crippen molar-refractivity contribution in [2.24, 2.45) is 0 Å². The van der Waals surface area contributed by atoms with Crippen LogP contribution < -0.4 is 5.32 Å². The van der Waals surface area contributed by atoms with Gasteiger partial charge in [0.2, 0.25) is 11.0 Å². The molecule has 1 aromatic heterocycles. The zero-order valence-electron chi connectivity index (χ0n) is 14.6. The maximum atomic E-state index is 12.8. The number of benzene rings is 1. The van der Waals surface area contributed by atoms with Crippen molar-refractivity contribution in [3.8, 4) is 0 Å². The number of likely N-dealkylation sites (tertiary alicyclic amines) is 1. The van der Waals surface area contributed by atoms with Crippen LogP contribution in [0.1, 0.15) is 39.5 Å². The topological polar surface area (TPSA) is 58.1 Å². The third kappa shape index (κ3) is 4.73. The lowest BCUT2D eigenvalue weighted by Gasteiger charge is -2.36. The van der Waals surface area contributed by atoms with Crippen LogP contribution in [0.3, 0.4) is 0 Å². The minimum Gasteiger partial charge on any atom is -0.339 e. The van der Waals surface area contributed by atoms with Crippen LogP contribution in [0.2, 0.25) is 0 Å². The van der Waals surface area contributed by atoms with E-state index in [1.54, 1.807) is 0 Å². The molecule has 0 bridgehead atoms. The number of thioether (sulfide) groups is 1. The van der Waals surface area contributed by atoms with Gasteiger partial charge in [0.25, 0.3) is 0 Å². The first-order valence-electron chi connectivity index (χ1n) is 8.80. The van der Waals surface area contributed by atoms with E-state index in [2.05, 4.69) is 27.3 Å². The predicted octanol–water partition coefficient (Wildman–Crippen LogP) is 4.55. The summed E-state index contributed by atoms with van der Waals surface area (Å²) in [5, 5.41) is 12.3. The number of para-hydroxylation sites is 1. The van der Waals surface area contributed by atoms with Crippen molar-refractivity contribution in [3.63, 3.8) is 0 Å². The number of piperidine rings is 1. The molecular weight excluding hydrogens is 352 g/mol. The lowest BCUT2D eigenvalue weighted by molar-refractivity contribution is -0.134. The average molecular weight is 377 g/mol. The lowest BCUT2D eigenvalue weighted by Crippen LogP contribution is -2.46. The molecule has 1 saturated heterocycles. The van der Waals surface area contributed by atoms with Crippen molar-refractivity contribution < 1.29 is 4.79 Å². The number of aromatic nitrogens is 2. The first kappa shape index (κ1) is 18.2. The van der Waals surface area contributed by atoms with Gasteiger partial charge in [0.05, 0.1) is 5.25 Å². The molecule has 0 spiro atoms. The summed E-state index contributed by atoms with van der Waals surface area (Å²) in [7, 11) is 0. The molecule has 134 valence electrons. The van der Waals surface area contributed by atoms with E-state index in [1.807, 2.05) is 37.3 Å². The van der Waals surface area contributed by atoms with Gasteiger partial charge in [-0.25, -0.2) is 0 Å². The van der Waals surface area contributed by atoms with E-state index < -0.39 is 0 Å². The van der Waals surface area contributed by atoms with Gasteiger partial charge in [0, 0.05) is 18.3 Å². The Morgan fingerprint density at radius 1 is 1.36 bits per heavy atom. The average Bonchev–Trinajstić information content (AvgIpc) is 3.08. The summed E-state index contributed by atoms with van der Waals surface area (Å²) in [5.74, 6) is 0.226. The van der Waals surface area contributed by atoms with E-state index in [0.29, 0.717) is 6.04 Å². The molecule has 1 aromatic carbocycles. The van der Waals surface area contributed by atoms with Crippen LogP contribution in [0.5, 0.6) is 0 Å². The van der Waals surface area contributed by atoms with E-state index in [9.17, 15) is 4.79 Å².